The second-order valence-corrected chi connectivity index (χ2v) is 9.56. The number of likely N-dealkylation sites (N-methyl/N-ethyl adjacent to an activating group) is 1. The maximum absolute atomic E-state index is 15.0. The van der Waals surface area contributed by atoms with E-state index in [2.05, 4.69) is 16.4 Å². The Morgan fingerprint density at radius 3 is 2.58 bits per heavy atom. The van der Waals surface area contributed by atoms with Crippen molar-refractivity contribution in [1.29, 1.82) is 5.26 Å². The third-order valence-electron chi connectivity index (χ3n) is 6.06. The molecular weight excluding hydrogens is 507 g/mol. The van der Waals surface area contributed by atoms with Crippen LogP contribution in [0.5, 0.6) is 17.2 Å². The van der Waals surface area contributed by atoms with Gasteiger partial charge in [-0.2, -0.15) is 5.26 Å². The first-order valence-electron chi connectivity index (χ1n) is 12.9. The van der Waals surface area contributed by atoms with E-state index < -0.39 is 5.82 Å². The highest BCUT2D eigenvalue weighted by atomic mass is 19.1. The molecule has 0 spiro atoms. The number of carbonyl (C=O) groups is 1. The molecule has 3 aromatic carbocycles. The molecule has 0 fully saturated rings. The molecule has 4 rings (SSSR count). The van der Waals surface area contributed by atoms with Crippen LogP contribution in [0.15, 0.2) is 72.9 Å². The fraction of sp³-hybridized carbons (Fsp3) is 0.219. The van der Waals surface area contributed by atoms with Crippen molar-refractivity contribution in [3.63, 3.8) is 0 Å². The third-order valence-corrected chi connectivity index (χ3v) is 6.06. The normalized spacial score (nSPS) is 11.1. The number of ketones is 1. The number of fused-ring (bicyclic) bond motifs is 1. The summed E-state index contributed by atoms with van der Waals surface area (Å²) in [5.41, 5.74) is 3.48. The average Bonchev–Trinajstić information content (AvgIpc) is 2.92. The van der Waals surface area contributed by atoms with Crippen molar-refractivity contribution in [2.24, 2.45) is 0 Å². The largest absolute Gasteiger partial charge is 0.494 e. The van der Waals surface area contributed by atoms with Crippen LogP contribution in [0, 0.1) is 24.1 Å². The average molecular weight is 539 g/mol. The number of hydrogen-bond acceptors (Lipinski definition) is 7. The molecule has 40 heavy (non-hydrogen) atoms. The lowest BCUT2D eigenvalue weighted by atomic mass is 10.0. The molecule has 0 amide bonds. The number of ether oxygens (including phenoxy) is 2. The van der Waals surface area contributed by atoms with Gasteiger partial charge in [0, 0.05) is 47.9 Å². The summed E-state index contributed by atoms with van der Waals surface area (Å²) >= 11 is 0. The van der Waals surface area contributed by atoms with E-state index in [1.807, 2.05) is 51.1 Å². The predicted molar refractivity (Wildman–Crippen MR) is 155 cm³/mol. The van der Waals surface area contributed by atoms with E-state index >= 15 is 4.39 Å². The van der Waals surface area contributed by atoms with Gasteiger partial charge in [0.05, 0.1) is 23.4 Å². The van der Waals surface area contributed by atoms with Crippen LogP contribution in [0.4, 0.5) is 15.8 Å². The van der Waals surface area contributed by atoms with Crippen LogP contribution < -0.4 is 14.8 Å². The molecule has 1 N–H and O–H groups in total. The van der Waals surface area contributed by atoms with E-state index in [4.69, 9.17) is 9.47 Å². The highest BCUT2D eigenvalue weighted by Gasteiger charge is 2.16. The summed E-state index contributed by atoms with van der Waals surface area (Å²) in [4.78, 5) is 19.1. The van der Waals surface area contributed by atoms with Gasteiger partial charge in [-0.15, -0.1) is 0 Å². The van der Waals surface area contributed by atoms with Gasteiger partial charge < -0.3 is 19.7 Å². The number of nitriles is 1. The monoisotopic (exact) mass is 538 g/mol. The van der Waals surface area contributed by atoms with E-state index in [1.165, 1.54) is 18.3 Å². The number of nitrogens with one attached hydrogen (secondary N) is 1. The van der Waals surface area contributed by atoms with Gasteiger partial charge in [0.15, 0.2) is 17.3 Å². The molecule has 0 saturated heterocycles. The van der Waals surface area contributed by atoms with Crippen LogP contribution in [0.1, 0.15) is 23.6 Å². The van der Waals surface area contributed by atoms with Gasteiger partial charge >= 0.3 is 0 Å². The Bertz CT molecular complexity index is 1590. The predicted octanol–water partition coefficient (Wildman–Crippen LogP) is 6.72. The van der Waals surface area contributed by atoms with Crippen molar-refractivity contribution in [3.8, 4) is 23.3 Å². The van der Waals surface area contributed by atoms with Crippen LogP contribution in [-0.4, -0.2) is 42.9 Å². The second kappa shape index (κ2) is 12.9. The molecule has 0 aliphatic heterocycles. The van der Waals surface area contributed by atoms with Crippen molar-refractivity contribution in [2.45, 2.75) is 20.3 Å². The summed E-state index contributed by atoms with van der Waals surface area (Å²) < 4.78 is 26.5. The Balaban J connectivity index is 1.68. The van der Waals surface area contributed by atoms with Crippen LogP contribution in [0.3, 0.4) is 0 Å². The summed E-state index contributed by atoms with van der Waals surface area (Å²) in [5.74, 6) is 0.528. The standard InChI is InChI=1S/C32H31FN4O3/c1-5-39-31-18-29-27(16-22(31)15-25(38)7-6-14-37(3)4)32(23(19-34)20-35-29)36-24-10-13-30(28(33)17-24)40-26-11-8-21(2)9-12-26/h6-13,16-18,20H,5,14-15H2,1-4H3,(H,35,36)/b7-6+. The molecule has 0 unspecified atom stereocenters. The lowest BCUT2D eigenvalue weighted by molar-refractivity contribution is -0.114. The number of anilines is 2. The molecule has 0 aliphatic carbocycles. The van der Waals surface area contributed by atoms with E-state index in [-0.39, 0.29) is 23.5 Å². The number of pyridine rings is 1. The number of aryl methyl sites for hydroxylation is 1. The number of benzene rings is 3. The van der Waals surface area contributed by atoms with Gasteiger partial charge in [0.1, 0.15) is 17.6 Å². The molecule has 8 heteroatoms. The quantitative estimate of drug-likeness (QED) is 0.212. The summed E-state index contributed by atoms with van der Waals surface area (Å²) in [5, 5.41) is 13.6. The maximum atomic E-state index is 15.0. The van der Waals surface area contributed by atoms with Gasteiger partial charge in [-0.25, -0.2) is 4.39 Å². The lowest BCUT2D eigenvalue weighted by Gasteiger charge is -2.16. The molecular formula is C32H31FN4O3. The zero-order valence-electron chi connectivity index (χ0n) is 23.0. The minimum Gasteiger partial charge on any atom is -0.494 e. The van der Waals surface area contributed by atoms with Crippen LogP contribution >= 0.6 is 0 Å². The van der Waals surface area contributed by atoms with Crippen molar-refractivity contribution in [1.82, 2.24) is 9.88 Å². The van der Waals surface area contributed by atoms with Crippen molar-refractivity contribution in [3.05, 3.63) is 95.5 Å². The topological polar surface area (TPSA) is 87.5 Å². The lowest BCUT2D eigenvalue weighted by Crippen LogP contribution is -2.11. The highest BCUT2D eigenvalue weighted by Crippen LogP contribution is 2.35. The summed E-state index contributed by atoms with van der Waals surface area (Å²) in [6, 6.07) is 17.6. The Hall–Kier alpha value is -4.74. The van der Waals surface area contributed by atoms with E-state index in [0.29, 0.717) is 52.5 Å². The molecule has 0 atom stereocenters. The van der Waals surface area contributed by atoms with E-state index in [9.17, 15) is 10.1 Å². The number of allylic oxidation sites excluding steroid dienone is 1. The van der Waals surface area contributed by atoms with Gasteiger partial charge in [-0.3, -0.25) is 9.78 Å². The number of rotatable bonds is 11. The molecule has 4 aromatic rings. The third kappa shape index (κ3) is 7.01. The number of nitrogens with zero attached hydrogens (tertiary/aromatic N) is 3. The second-order valence-electron chi connectivity index (χ2n) is 9.56. The first kappa shape index (κ1) is 28.3. The molecule has 7 nitrogen and oxygen atoms in total. The fourth-order valence-electron chi connectivity index (χ4n) is 4.09. The molecule has 0 radical (unpaired) electrons. The Morgan fingerprint density at radius 2 is 1.90 bits per heavy atom. The van der Waals surface area contributed by atoms with E-state index in [1.54, 1.807) is 36.4 Å². The number of aromatic nitrogens is 1. The van der Waals surface area contributed by atoms with Crippen molar-refractivity contribution < 1.29 is 18.7 Å². The summed E-state index contributed by atoms with van der Waals surface area (Å²) in [6.45, 7) is 4.90. The van der Waals surface area contributed by atoms with Crippen LogP contribution in [0.25, 0.3) is 10.9 Å². The van der Waals surface area contributed by atoms with Crippen LogP contribution in [-0.2, 0) is 11.2 Å². The van der Waals surface area contributed by atoms with Crippen LogP contribution in [0.2, 0.25) is 0 Å². The molecule has 204 valence electrons. The van der Waals surface area contributed by atoms with Crippen molar-refractivity contribution >= 4 is 28.1 Å². The SMILES string of the molecule is CCOc1cc2ncc(C#N)c(Nc3ccc(Oc4ccc(C)cc4)c(F)c3)c2cc1CC(=O)/C=C/CN(C)C. The fourth-order valence-corrected chi connectivity index (χ4v) is 4.09. The molecule has 1 heterocycles. The molecule has 0 saturated carbocycles. The van der Waals surface area contributed by atoms with Crippen molar-refractivity contribution in [2.75, 3.05) is 32.6 Å². The molecule has 0 bridgehead atoms. The zero-order valence-corrected chi connectivity index (χ0v) is 23.0. The Kier molecular flexibility index (Phi) is 9.10. The first-order chi connectivity index (χ1) is 19.3. The molecule has 1 aromatic heterocycles. The van der Waals surface area contributed by atoms with Gasteiger partial charge in [-0.05, 0) is 64.4 Å². The van der Waals surface area contributed by atoms with E-state index in [0.717, 1.165) is 5.56 Å². The number of hydrogen-bond donors (Lipinski definition) is 1. The van der Waals surface area contributed by atoms with Gasteiger partial charge in [0.25, 0.3) is 0 Å². The maximum Gasteiger partial charge on any atom is 0.167 e. The minimum absolute atomic E-state index is 0.0766. The minimum atomic E-state index is -0.558. The zero-order chi connectivity index (χ0) is 28.6. The highest BCUT2D eigenvalue weighted by molar-refractivity contribution is 5.99. The summed E-state index contributed by atoms with van der Waals surface area (Å²) in [6.07, 6.45) is 4.95. The Labute approximate surface area is 233 Å². The van der Waals surface area contributed by atoms with Gasteiger partial charge in [0.2, 0.25) is 0 Å². The first-order valence-corrected chi connectivity index (χ1v) is 12.9. The van der Waals surface area contributed by atoms with Gasteiger partial charge in [-0.1, -0.05) is 23.8 Å². The summed E-state index contributed by atoms with van der Waals surface area (Å²) in [7, 11) is 3.85. The number of halogens is 1. The smallest absolute Gasteiger partial charge is 0.167 e. The number of carbonyl (C=O) groups excluding carboxylic acids is 1. The Morgan fingerprint density at radius 1 is 1.12 bits per heavy atom. The molecule has 0 aliphatic rings.